The van der Waals surface area contributed by atoms with Crippen LogP contribution in [0.4, 0.5) is 0 Å². The fourth-order valence-corrected chi connectivity index (χ4v) is 0. The minimum Gasteiger partial charge on any atom is -0.297 e. The van der Waals surface area contributed by atoms with E-state index in [1.807, 2.05) is 0 Å². The lowest BCUT2D eigenvalue weighted by Crippen LogP contribution is -1.92. The minimum atomic E-state index is -3.01. The third-order valence-corrected chi connectivity index (χ3v) is 8.78. The second kappa shape index (κ2) is 2.93. The number of hydrogen-bond donors (Lipinski definition) is 2. The normalized spacial score (nSPS) is 14.1. The Morgan fingerprint density at radius 3 is 1.62 bits per heavy atom. The Labute approximate surface area is 76.3 Å². The molecule has 0 unspecified atom stereocenters. The summed E-state index contributed by atoms with van der Waals surface area (Å²) in [4.78, 5) is 0. The molecule has 0 aromatic carbocycles. The van der Waals surface area contributed by atoms with Gasteiger partial charge in [0.1, 0.15) is 0 Å². The molecule has 0 N–H and O–H groups in total. The van der Waals surface area contributed by atoms with Crippen molar-refractivity contribution < 1.29 is 4.57 Å². The number of thiol groups is 2. The van der Waals surface area contributed by atoms with Gasteiger partial charge < -0.3 is 0 Å². The SMILES string of the molecule is O=P(S)(S)C(Cl)(Cl)Br. The number of rotatable bonds is 1. The van der Waals surface area contributed by atoms with Crippen LogP contribution in [-0.2, 0) is 4.57 Å². The molecule has 0 aromatic rings. The molecule has 0 radical (unpaired) electrons. The van der Waals surface area contributed by atoms with E-state index in [4.69, 9.17) is 23.2 Å². The van der Waals surface area contributed by atoms with Gasteiger partial charge >= 0.3 is 0 Å². The van der Waals surface area contributed by atoms with Crippen molar-refractivity contribution >= 4 is 69.2 Å². The van der Waals surface area contributed by atoms with E-state index in [9.17, 15) is 4.57 Å². The summed E-state index contributed by atoms with van der Waals surface area (Å²) in [5.41, 5.74) is -3.01. The van der Waals surface area contributed by atoms with Crippen molar-refractivity contribution in [2.75, 3.05) is 0 Å². The summed E-state index contributed by atoms with van der Waals surface area (Å²) in [5, 5.41) is 0. The Bertz CT molecular complexity index is 126. The summed E-state index contributed by atoms with van der Waals surface area (Å²) in [6.45, 7) is 0. The van der Waals surface area contributed by atoms with Gasteiger partial charge in [0.2, 0.25) is 8.53 Å². The highest BCUT2D eigenvalue weighted by Gasteiger charge is 2.36. The number of halogens is 3. The predicted molar refractivity (Wildman–Crippen MR) is 48.9 cm³/mol. The molecule has 0 fully saturated rings. The third kappa shape index (κ3) is 3.23. The average Bonchev–Trinajstić information content (AvgIpc) is 1.25. The maximum Gasteiger partial charge on any atom is 0.241 e. The average molecular weight is 276 g/mol. The van der Waals surface area contributed by atoms with Crippen LogP contribution in [0.1, 0.15) is 0 Å². The van der Waals surface area contributed by atoms with Crippen molar-refractivity contribution in [3.63, 3.8) is 0 Å². The first-order valence-corrected chi connectivity index (χ1v) is 6.93. The molecule has 0 heterocycles. The molecule has 0 spiro atoms. The Balaban J connectivity index is 4.26. The Morgan fingerprint density at radius 1 is 1.50 bits per heavy atom. The molecule has 0 aliphatic rings. The van der Waals surface area contributed by atoms with Gasteiger partial charge in [0.05, 0.1) is 0 Å². The van der Waals surface area contributed by atoms with E-state index in [1.165, 1.54) is 0 Å². The van der Waals surface area contributed by atoms with Gasteiger partial charge in [-0.2, -0.15) is 0 Å². The fraction of sp³-hybridized carbons (Fsp3) is 1.00. The van der Waals surface area contributed by atoms with Crippen LogP contribution in [0.5, 0.6) is 0 Å². The third-order valence-electron chi connectivity index (χ3n) is 0.330. The monoisotopic (exact) mass is 274 g/mol. The van der Waals surface area contributed by atoms with Gasteiger partial charge in [-0.25, -0.2) is 0 Å². The Morgan fingerprint density at radius 2 is 1.62 bits per heavy atom. The summed E-state index contributed by atoms with van der Waals surface area (Å²) in [6, 6.07) is 0. The van der Waals surface area contributed by atoms with E-state index < -0.39 is 8.53 Å². The molecule has 0 saturated heterocycles. The fourth-order valence-electron chi connectivity index (χ4n) is 0. The maximum absolute atomic E-state index is 10.7. The zero-order valence-electron chi connectivity index (χ0n) is 3.38. The molecule has 0 bridgehead atoms. The van der Waals surface area contributed by atoms with Gasteiger partial charge in [-0.05, 0) is 15.9 Å². The van der Waals surface area contributed by atoms with Crippen molar-refractivity contribution in [2.24, 2.45) is 0 Å². The summed E-state index contributed by atoms with van der Waals surface area (Å²) < 4.78 is 9.13. The topological polar surface area (TPSA) is 17.1 Å². The van der Waals surface area contributed by atoms with Crippen LogP contribution in [0.3, 0.4) is 0 Å². The molecule has 8 heavy (non-hydrogen) atoms. The molecule has 50 valence electrons. The Kier molecular flexibility index (Phi) is 3.66. The molecule has 0 atom stereocenters. The maximum atomic E-state index is 10.7. The lowest BCUT2D eigenvalue weighted by Gasteiger charge is -2.13. The smallest absolute Gasteiger partial charge is 0.241 e. The van der Waals surface area contributed by atoms with E-state index in [0.717, 1.165) is 0 Å². The van der Waals surface area contributed by atoms with E-state index in [1.54, 1.807) is 0 Å². The summed E-state index contributed by atoms with van der Waals surface area (Å²) >= 11 is 20.4. The largest absolute Gasteiger partial charge is 0.297 e. The predicted octanol–water partition coefficient (Wildman–Crippen LogP) is 3.52. The van der Waals surface area contributed by atoms with Crippen molar-refractivity contribution in [3.05, 3.63) is 0 Å². The molecule has 0 aromatic heterocycles. The van der Waals surface area contributed by atoms with Crippen LogP contribution in [0.15, 0.2) is 0 Å². The first-order chi connectivity index (χ1) is 3.25. The second-order valence-corrected chi connectivity index (χ2v) is 11.7. The van der Waals surface area contributed by atoms with Gasteiger partial charge in [0, 0.05) is 0 Å². The van der Waals surface area contributed by atoms with Crippen LogP contribution in [-0.4, -0.2) is 2.98 Å². The molecular formula is CH2BrCl2OPS2. The molecule has 0 aliphatic heterocycles. The molecule has 0 amide bonds. The van der Waals surface area contributed by atoms with Crippen LogP contribution in [0, 0.1) is 0 Å². The molecule has 7 heteroatoms. The van der Waals surface area contributed by atoms with Gasteiger partial charge in [-0.1, -0.05) is 23.2 Å². The van der Waals surface area contributed by atoms with Crippen LogP contribution < -0.4 is 0 Å². The lowest BCUT2D eigenvalue weighted by atomic mass is 11.9. The van der Waals surface area contributed by atoms with Crippen LogP contribution in [0.25, 0.3) is 0 Å². The van der Waals surface area contributed by atoms with E-state index >= 15 is 0 Å². The van der Waals surface area contributed by atoms with E-state index in [2.05, 4.69) is 40.4 Å². The zero-order chi connectivity index (χ0) is 7.00. The van der Waals surface area contributed by atoms with Gasteiger partial charge in [0.15, 0.2) is 0 Å². The number of alkyl halides is 3. The summed E-state index contributed by atoms with van der Waals surface area (Å²) in [6.07, 6.45) is 0. The first-order valence-electron chi connectivity index (χ1n) is 1.37. The van der Waals surface area contributed by atoms with Crippen LogP contribution >= 0.6 is 69.2 Å². The quantitative estimate of drug-likeness (QED) is 0.425. The molecular weight excluding hydrogens is 274 g/mol. The second-order valence-electron chi connectivity index (χ2n) is 1.01. The summed E-state index contributed by atoms with van der Waals surface area (Å²) in [5.74, 6) is 0. The van der Waals surface area contributed by atoms with Crippen molar-refractivity contribution in [2.45, 2.75) is 2.98 Å². The molecule has 0 aliphatic carbocycles. The van der Waals surface area contributed by atoms with E-state index in [0.29, 0.717) is 0 Å². The van der Waals surface area contributed by atoms with E-state index in [-0.39, 0.29) is 0 Å². The summed E-state index contributed by atoms with van der Waals surface area (Å²) in [7, 11) is 0. The zero-order valence-corrected chi connectivity index (χ0v) is 9.16. The highest BCUT2D eigenvalue weighted by Crippen LogP contribution is 2.72. The van der Waals surface area contributed by atoms with Crippen molar-refractivity contribution in [1.29, 1.82) is 0 Å². The van der Waals surface area contributed by atoms with Crippen molar-refractivity contribution in [3.8, 4) is 0 Å². The van der Waals surface area contributed by atoms with Crippen LogP contribution in [0.2, 0.25) is 0 Å². The Hall–Kier alpha value is 1.99. The first kappa shape index (κ1) is 9.99. The highest BCUT2D eigenvalue weighted by atomic mass is 79.9. The lowest BCUT2D eigenvalue weighted by molar-refractivity contribution is 0.595. The minimum absolute atomic E-state index is 1.52. The highest BCUT2D eigenvalue weighted by molar-refractivity contribution is 9.14. The molecule has 1 nitrogen and oxygen atoms in total. The molecule has 0 saturated carbocycles. The van der Waals surface area contributed by atoms with Gasteiger partial charge in [-0.3, -0.25) is 4.57 Å². The molecule has 0 rings (SSSR count). The van der Waals surface area contributed by atoms with Crippen molar-refractivity contribution in [1.82, 2.24) is 0 Å². The van der Waals surface area contributed by atoms with Gasteiger partial charge in [0.25, 0.3) is 0 Å². The standard InChI is InChI=1S/CH2BrCl2OPS2/c2-1(3,4)6(5,7)8/h(H2,5,7,8). The number of hydrogen-bond acceptors (Lipinski definition) is 1. The van der Waals surface area contributed by atoms with Gasteiger partial charge in [-0.15, -0.1) is 24.5 Å².